The first-order chi connectivity index (χ1) is 5.85. The van der Waals surface area contributed by atoms with Gasteiger partial charge in [0.2, 0.25) is 5.91 Å². The van der Waals surface area contributed by atoms with Crippen LogP contribution in [0, 0.1) is 0 Å². The first-order valence-electron chi connectivity index (χ1n) is 3.81. The van der Waals surface area contributed by atoms with E-state index in [1.54, 1.807) is 6.92 Å². The fourth-order valence-corrected chi connectivity index (χ4v) is 1.93. The molecule has 78 valence electrons. The topological polar surface area (TPSA) is 72.5 Å². The highest BCUT2D eigenvalue weighted by Crippen LogP contribution is 1.89. The first-order valence-corrected chi connectivity index (χ1v) is 5.87. The summed E-state index contributed by atoms with van der Waals surface area (Å²) >= 11 is 0. The van der Waals surface area contributed by atoms with Gasteiger partial charge in [-0.25, -0.2) is 8.42 Å². The van der Waals surface area contributed by atoms with Crippen LogP contribution in [0.3, 0.4) is 0 Å². The molecule has 0 bridgehead atoms. The molecule has 1 unspecified atom stereocenters. The normalized spacial score (nSPS) is 13.8. The molecule has 0 spiro atoms. The van der Waals surface area contributed by atoms with E-state index in [0.29, 0.717) is 0 Å². The largest absolute Gasteiger partial charge is 0.375 e. The van der Waals surface area contributed by atoms with Crippen LogP contribution in [0.15, 0.2) is 0 Å². The summed E-state index contributed by atoms with van der Waals surface area (Å²) in [5, 5.41) is 2.49. The number of nitrogens with one attached hydrogen (secondary N) is 1. The molecule has 0 aliphatic rings. The van der Waals surface area contributed by atoms with Crippen molar-refractivity contribution in [2.75, 3.05) is 25.7 Å². The minimum Gasteiger partial charge on any atom is -0.375 e. The van der Waals surface area contributed by atoms with E-state index in [9.17, 15) is 13.2 Å². The summed E-state index contributed by atoms with van der Waals surface area (Å²) in [6.45, 7) is 1.59. The van der Waals surface area contributed by atoms with Crippen LogP contribution < -0.4 is 5.32 Å². The molecule has 0 saturated carbocycles. The molecule has 1 atom stereocenters. The second-order valence-corrected chi connectivity index (χ2v) is 5.18. The van der Waals surface area contributed by atoms with Crippen LogP contribution in [0.2, 0.25) is 0 Å². The Morgan fingerprint density at radius 3 is 2.46 bits per heavy atom. The number of sulfone groups is 1. The molecule has 0 aliphatic heterocycles. The van der Waals surface area contributed by atoms with Crippen LogP contribution >= 0.6 is 0 Å². The monoisotopic (exact) mass is 209 g/mol. The number of ether oxygens (including phenoxy) is 1. The first kappa shape index (κ1) is 12.4. The maximum atomic E-state index is 10.9. The van der Waals surface area contributed by atoms with Gasteiger partial charge in [0.15, 0.2) is 0 Å². The third-order valence-corrected chi connectivity index (χ3v) is 2.34. The van der Waals surface area contributed by atoms with Crippen molar-refractivity contribution in [3.8, 4) is 0 Å². The van der Waals surface area contributed by atoms with Gasteiger partial charge in [-0.15, -0.1) is 0 Å². The molecular weight excluding hydrogens is 194 g/mol. The van der Waals surface area contributed by atoms with Crippen LogP contribution in [0.5, 0.6) is 0 Å². The average molecular weight is 209 g/mol. The average Bonchev–Trinajstić information content (AvgIpc) is 1.81. The Labute approximate surface area is 78.4 Å². The van der Waals surface area contributed by atoms with Crippen molar-refractivity contribution in [2.45, 2.75) is 13.0 Å². The maximum absolute atomic E-state index is 10.9. The standard InChI is InChI=1S/C7H15NO4S/c1-6(5-13(3,10)11)8-7(9)4-12-2/h6H,4-5H2,1-3H3,(H,8,9). The lowest BCUT2D eigenvalue weighted by molar-refractivity contribution is -0.125. The van der Waals surface area contributed by atoms with Crippen LogP contribution in [-0.4, -0.2) is 46.1 Å². The molecule has 1 N–H and O–H groups in total. The smallest absolute Gasteiger partial charge is 0.246 e. The minimum absolute atomic E-state index is 0.0475. The molecule has 0 aliphatic carbocycles. The number of methoxy groups -OCH3 is 1. The SMILES string of the molecule is COCC(=O)NC(C)CS(C)(=O)=O. The molecule has 0 aromatic carbocycles. The van der Waals surface area contributed by atoms with Gasteiger partial charge in [-0.2, -0.15) is 0 Å². The number of carbonyl (C=O) groups excluding carboxylic acids is 1. The van der Waals surface area contributed by atoms with E-state index in [2.05, 4.69) is 10.1 Å². The highest BCUT2D eigenvalue weighted by molar-refractivity contribution is 7.90. The molecule has 0 saturated heterocycles. The zero-order valence-electron chi connectivity index (χ0n) is 8.03. The summed E-state index contributed by atoms with van der Waals surface area (Å²) < 4.78 is 26.2. The van der Waals surface area contributed by atoms with E-state index in [-0.39, 0.29) is 24.3 Å². The van der Waals surface area contributed by atoms with E-state index in [1.165, 1.54) is 7.11 Å². The summed E-state index contributed by atoms with van der Waals surface area (Å²) in [4.78, 5) is 10.9. The number of rotatable bonds is 5. The summed E-state index contributed by atoms with van der Waals surface area (Å²) in [6, 6.07) is -0.377. The number of amides is 1. The van der Waals surface area contributed by atoms with Crippen molar-refractivity contribution < 1.29 is 17.9 Å². The van der Waals surface area contributed by atoms with Crippen molar-refractivity contribution in [3.05, 3.63) is 0 Å². The van der Waals surface area contributed by atoms with Crippen LogP contribution in [0.25, 0.3) is 0 Å². The lowest BCUT2D eigenvalue weighted by Crippen LogP contribution is -2.39. The Balaban J connectivity index is 3.88. The van der Waals surface area contributed by atoms with E-state index >= 15 is 0 Å². The van der Waals surface area contributed by atoms with Crippen molar-refractivity contribution in [1.29, 1.82) is 0 Å². The van der Waals surface area contributed by atoms with Gasteiger partial charge in [-0.3, -0.25) is 4.79 Å². The Bertz CT molecular complexity index is 260. The van der Waals surface area contributed by atoms with Gasteiger partial charge in [0.1, 0.15) is 16.4 Å². The summed E-state index contributed by atoms with van der Waals surface area (Å²) in [5.41, 5.74) is 0. The second kappa shape index (κ2) is 5.18. The zero-order chi connectivity index (χ0) is 10.5. The third kappa shape index (κ3) is 7.73. The quantitative estimate of drug-likeness (QED) is 0.642. The van der Waals surface area contributed by atoms with Gasteiger partial charge in [0.05, 0.1) is 5.75 Å². The molecule has 0 radical (unpaired) electrons. The fourth-order valence-electron chi connectivity index (χ4n) is 0.943. The summed E-state index contributed by atoms with van der Waals surface area (Å²) in [6.07, 6.45) is 1.13. The van der Waals surface area contributed by atoms with Gasteiger partial charge in [-0.05, 0) is 6.92 Å². The molecule has 0 aromatic heterocycles. The van der Waals surface area contributed by atoms with Crippen molar-refractivity contribution in [1.82, 2.24) is 5.32 Å². The number of hydrogen-bond donors (Lipinski definition) is 1. The van der Waals surface area contributed by atoms with Gasteiger partial charge >= 0.3 is 0 Å². The van der Waals surface area contributed by atoms with Crippen molar-refractivity contribution in [2.24, 2.45) is 0 Å². The molecule has 0 fully saturated rings. The van der Waals surface area contributed by atoms with Gasteiger partial charge < -0.3 is 10.1 Å². The molecule has 1 amide bonds. The molecule has 13 heavy (non-hydrogen) atoms. The van der Waals surface area contributed by atoms with Crippen molar-refractivity contribution in [3.63, 3.8) is 0 Å². The Morgan fingerprint density at radius 1 is 1.54 bits per heavy atom. The summed E-state index contributed by atoms with van der Waals surface area (Å²) in [7, 11) is -1.64. The third-order valence-electron chi connectivity index (χ3n) is 1.24. The van der Waals surface area contributed by atoms with E-state index in [1.807, 2.05) is 0 Å². The maximum Gasteiger partial charge on any atom is 0.246 e. The second-order valence-electron chi connectivity index (χ2n) is 2.99. The van der Waals surface area contributed by atoms with E-state index < -0.39 is 9.84 Å². The molecule has 6 heteroatoms. The number of hydrogen-bond acceptors (Lipinski definition) is 4. The van der Waals surface area contributed by atoms with Gasteiger partial charge in [0.25, 0.3) is 0 Å². The predicted octanol–water partition coefficient (Wildman–Crippen LogP) is -0.818. The fraction of sp³-hybridized carbons (Fsp3) is 0.857. The van der Waals surface area contributed by atoms with Crippen molar-refractivity contribution >= 4 is 15.7 Å². The van der Waals surface area contributed by atoms with Crippen LogP contribution in [-0.2, 0) is 19.4 Å². The Morgan fingerprint density at radius 2 is 2.08 bits per heavy atom. The zero-order valence-corrected chi connectivity index (χ0v) is 8.85. The molecule has 0 aromatic rings. The molecule has 5 nitrogen and oxygen atoms in total. The Kier molecular flexibility index (Phi) is 4.94. The van der Waals surface area contributed by atoms with Crippen LogP contribution in [0.1, 0.15) is 6.92 Å². The Hall–Kier alpha value is -0.620. The highest BCUT2D eigenvalue weighted by Gasteiger charge is 2.12. The minimum atomic E-state index is -3.04. The lowest BCUT2D eigenvalue weighted by atomic mass is 10.4. The molecular formula is C7H15NO4S. The molecule has 0 heterocycles. The summed E-state index contributed by atoms with van der Waals surface area (Å²) in [5.74, 6) is -0.360. The molecule has 0 rings (SSSR count). The van der Waals surface area contributed by atoms with Gasteiger partial charge in [-0.1, -0.05) is 0 Å². The predicted molar refractivity (Wildman–Crippen MR) is 49.2 cm³/mol. The number of carbonyl (C=O) groups is 1. The van der Waals surface area contributed by atoms with Gasteiger partial charge in [0, 0.05) is 19.4 Å². The van der Waals surface area contributed by atoms with Crippen LogP contribution in [0.4, 0.5) is 0 Å². The highest BCUT2D eigenvalue weighted by atomic mass is 32.2. The van der Waals surface area contributed by atoms with E-state index in [4.69, 9.17) is 0 Å². The van der Waals surface area contributed by atoms with E-state index in [0.717, 1.165) is 6.26 Å². The lowest BCUT2D eigenvalue weighted by Gasteiger charge is -2.11.